The molecule has 1 amide bonds. The Morgan fingerprint density at radius 3 is 3.08 bits per heavy atom. The van der Waals surface area contributed by atoms with Crippen LogP contribution < -0.4 is 0 Å². The summed E-state index contributed by atoms with van der Waals surface area (Å²) in [6.45, 7) is 2.40. The van der Waals surface area contributed by atoms with Crippen LogP contribution in [0.25, 0.3) is 10.9 Å². The van der Waals surface area contributed by atoms with Gasteiger partial charge >= 0.3 is 0 Å². The Morgan fingerprint density at radius 1 is 1.38 bits per heavy atom. The number of benzene rings is 1. The van der Waals surface area contributed by atoms with Crippen molar-refractivity contribution >= 4 is 28.4 Å². The van der Waals surface area contributed by atoms with E-state index in [1.807, 2.05) is 23.1 Å². The second-order valence-corrected chi connectivity index (χ2v) is 6.81. The van der Waals surface area contributed by atoms with Gasteiger partial charge in [0, 0.05) is 32.2 Å². The van der Waals surface area contributed by atoms with Gasteiger partial charge in [0.2, 0.25) is 0 Å². The Bertz CT molecular complexity index is 720. The minimum absolute atomic E-state index is 0.00765. The lowest BCUT2D eigenvalue weighted by Crippen LogP contribution is -2.40. The van der Waals surface area contributed by atoms with E-state index in [0.717, 1.165) is 44.3 Å². The van der Waals surface area contributed by atoms with Gasteiger partial charge < -0.3 is 9.64 Å². The number of likely N-dealkylation sites (tertiary alicyclic amines) is 1. The van der Waals surface area contributed by atoms with Gasteiger partial charge in [-0.1, -0.05) is 29.8 Å². The van der Waals surface area contributed by atoms with Crippen molar-refractivity contribution in [3.8, 4) is 0 Å². The van der Waals surface area contributed by atoms with E-state index in [4.69, 9.17) is 16.3 Å². The number of rotatable bonds is 5. The molecule has 1 aliphatic heterocycles. The van der Waals surface area contributed by atoms with E-state index in [9.17, 15) is 4.79 Å². The molecule has 0 N–H and O–H groups in total. The lowest BCUT2D eigenvalue weighted by atomic mass is 9.93. The molecular weight excluding hydrogens is 324 g/mol. The molecule has 0 aliphatic carbocycles. The Balaban J connectivity index is 1.72. The predicted octanol–water partition coefficient (Wildman–Crippen LogP) is 4.17. The molecule has 1 atom stereocenters. The molecule has 5 heteroatoms. The lowest BCUT2D eigenvalue weighted by Gasteiger charge is -2.32. The molecule has 3 rings (SSSR count). The maximum Gasteiger partial charge on any atom is 0.272 e. The number of ether oxygens (including phenoxy) is 1. The van der Waals surface area contributed by atoms with Crippen LogP contribution in [0.5, 0.6) is 0 Å². The molecule has 4 nitrogen and oxygen atoms in total. The topological polar surface area (TPSA) is 42.4 Å². The Hall–Kier alpha value is -1.65. The second kappa shape index (κ2) is 7.95. The average molecular weight is 347 g/mol. The average Bonchev–Trinajstić information content (AvgIpc) is 2.62. The molecule has 2 aromatic rings. The molecule has 1 aliphatic rings. The molecular formula is C19H23ClN2O2. The van der Waals surface area contributed by atoms with E-state index in [1.165, 1.54) is 6.42 Å². The van der Waals surface area contributed by atoms with Crippen LogP contribution in [0.3, 0.4) is 0 Å². The Labute approximate surface area is 147 Å². The zero-order chi connectivity index (χ0) is 16.9. The number of methoxy groups -OCH3 is 1. The summed E-state index contributed by atoms with van der Waals surface area (Å²) in [6.07, 6.45) is 4.39. The van der Waals surface area contributed by atoms with E-state index >= 15 is 0 Å². The number of hydrogen-bond acceptors (Lipinski definition) is 3. The zero-order valence-electron chi connectivity index (χ0n) is 14.0. The number of carbonyl (C=O) groups excluding carboxylic acids is 1. The first-order valence-electron chi connectivity index (χ1n) is 8.52. The van der Waals surface area contributed by atoms with Crippen LogP contribution in [-0.4, -0.2) is 42.6 Å². The van der Waals surface area contributed by atoms with Crippen molar-refractivity contribution < 1.29 is 9.53 Å². The van der Waals surface area contributed by atoms with Gasteiger partial charge in [-0.25, -0.2) is 4.98 Å². The number of fused-ring (bicyclic) bond motifs is 1. The normalized spacial score (nSPS) is 18.1. The maximum atomic E-state index is 12.8. The van der Waals surface area contributed by atoms with Crippen LogP contribution >= 0.6 is 11.6 Å². The number of pyridine rings is 1. The highest BCUT2D eigenvalue weighted by atomic mass is 35.5. The third-order valence-corrected chi connectivity index (χ3v) is 4.96. The molecule has 1 aromatic heterocycles. The maximum absolute atomic E-state index is 12.8. The summed E-state index contributed by atoms with van der Waals surface area (Å²) in [6, 6.07) is 9.37. The first-order chi connectivity index (χ1) is 11.7. The largest absolute Gasteiger partial charge is 0.385 e. The van der Waals surface area contributed by atoms with Crippen LogP contribution in [-0.2, 0) is 4.74 Å². The van der Waals surface area contributed by atoms with Gasteiger partial charge in [0.15, 0.2) is 0 Å². The Morgan fingerprint density at radius 2 is 2.25 bits per heavy atom. The number of hydrogen-bond donors (Lipinski definition) is 0. The number of piperidine rings is 1. The fourth-order valence-electron chi connectivity index (χ4n) is 3.39. The molecule has 2 heterocycles. The van der Waals surface area contributed by atoms with Crippen LogP contribution in [0.2, 0.25) is 5.02 Å². The Kier molecular flexibility index (Phi) is 5.69. The highest BCUT2D eigenvalue weighted by molar-refractivity contribution is 6.35. The molecule has 0 spiro atoms. The van der Waals surface area contributed by atoms with Gasteiger partial charge in [-0.3, -0.25) is 4.79 Å². The third-order valence-electron chi connectivity index (χ3n) is 4.66. The number of carbonyl (C=O) groups is 1. The molecule has 0 radical (unpaired) electrons. The number of aromatic nitrogens is 1. The minimum atomic E-state index is 0.00765. The molecule has 1 saturated heterocycles. The molecule has 1 fully saturated rings. The van der Waals surface area contributed by atoms with Gasteiger partial charge in [0.1, 0.15) is 5.69 Å². The van der Waals surface area contributed by atoms with E-state index in [2.05, 4.69) is 4.98 Å². The van der Waals surface area contributed by atoms with E-state index in [-0.39, 0.29) is 5.91 Å². The van der Waals surface area contributed by atoms with Gasteiger partial charge in [-0.2, -0.15) is 0 Å². The summed E-state index contributed by atoms with van der Waals surface area (Å²) in [5, 5.41) is 1.54. The summed E-state index contributed by atoms with van der Waals surface area (Å²) in [5.74, 6) is 0.565. The summed E-state index contributed by atoms with van der Waals surface area (Å²) < 4.78 is 5.13. The number of para-hydroxylation sites is 1. The van der Waals surface area contributed by atoms with Gasteiger partial charge in [0.25, 0.3) is 5.91 Å². The van der Waals surface area contributed by atoms with Gasteiger partial charge in [-0.15, -0.1) is 0 Å². The zero-order valence-corrected chi connectivity index (χ0v) is 14.8. The SMILES string of the molecule is COCCCC1CCCN(C(=O)c2ccc3cccc(Cl)c3n2)C1. The molecule has 128 valence electrons. The fourth-order valence-corrected chi connectivity index (χ4v) is 3.62. The van der Waals surface area contributed by atoms with Crippen LogP contribution in [0.15, 0.2) is 30.3 Å². The van der Waals surface area contributed by atoms with Crippen molar-refractivity contribution in [1.29, 1.82) is 0 Å². The molecule has 1 unspecified atom stereocenters. The number of amides is 1. The van der Waals surface area contributed by atoms with Crippen LogP contribution in [0, 0.1) is 5.92 Å². The third kappa shape index (κ3) is 3.87. The van der Waals surface area contributed by atoms with Crippen molar-refractivity contribution in [2.45, 2.75) is 25.7 Å². The van der Waals surface area contributed by atoms with Crippen molar-refractivity contribution in [2.75, 3.05) is 26.8 Å². The highest BCUT2D eigenvalue weighted by Gasteiger charge is 2.25. The predicted molar refractivity (Wildman–Crippen MR) is 96.5 cm³/mol. The second-order valence-electron chi connectivity index (χ2n) is 6.40. The van der Waals surface area contributed by atoms with E-state index in [1.54, 1.807) is 19.2 Å². The summed E-state index contributed by atoms with van der Waals surface area (Å²) >= 11 is 6.21. The van der Waals surface area contributed by atoms with E-state index in [0.29, 0.717) is 22.2 Å². The summed E-state index contributed by atoms with van der Waals surface area (Å²) in [4.78, 5) is 19.3. The molecule has 24 heavy (non-hydrogen) atoms. The lowest BCUT2D eigenvalue weighted by molar-refractivity contribution is 0.0655. The van der Waals surface area contributed by atoms with Crippen molar-refractivity contribution in [3.05, 3.63) is 41.0 Å². The minimum Gasteiger partial charge on any atom is -0.385 e. The molecule has 0 bridgehead atoms. The smallest absolute Gasteiger partial charge is 0.272 e. The summed E-state index contributed by atoms with van der Waals surface area (Å²) in [5.41, 5.74) is 1.17. The van der Waals surface area contributed by atoms with E-state index < -0.39 is 0 Å². The van der Waals surface area contributed by atoms with Gasteiger partial charge in [-0.05, 0) is 43.7 Å². The van der Waals surface area contributed by atoms with Crippen molar-refractivity contribution in [2.24, 2.45) is 5.92 Å². The number of halogens is 1. The molecule has 0 saturated carbocycles. The van der Waals surface area contributed by atoms with Crippen molar-refractivity contribution in [3.63, 3.8) is 0 Å². The van der Waals surface area contributed by atoms with Crippen molar-refractivity contribution in [1.82, 2.24) is 9.88 Å². The number of nitrogens with zero attached hydrogens (tertiary/aromatic N) is 2. The fraction of sp³-hybridized carbons (Fsp3) is 0.474. The molecule has 1 aromatic carbocycles. The summed E-state index contributed by atoms with van der Waals surface area (Å²) in [7, 11) is 1.73. The first-order valence-corrected chi connectivity index (χ1v) is 8.90. The first kappa shape index (κ1) is 17.2. The quantitative estimate of drug-likeness (QED) is 0.763. The standard InChI is InChI=1S/C19H23ClN2O2/c1-24-12-4-6-14-5-3-11-22(13-14)19(23)17-10-9-15-7-2-8-16(20)18(15)21-17/h2,7-10,14H,3-6,11-13H2,1H3. The van der Waals surface area contributed by atoms with Gasteiger partial charge in [0.05, 0.1) is 10.5 Å². The monoisotopic (exact) mass is 346 g/mol. The highest BCUT2D eigenvalue weighted by Crippen LogP contribution is 2.24. The van der Waals surface area contributed by atoms with Crippen LogP contribution in [0.1, 0.15) is 36.2 Å². The van der Waals surface area contributed by atoms with Crippen LogP contribution in [0.4, 0.5) is 0 Å².